The van der Waals surface area contributed by atoms with Crippen molar-refractivity contribution in [2.45, 2.75) is 13.3 Å². The summed E-state index contributed by atoms with van der Waals surface area (Å²) in [5.41, 5.74) is 3.30. The monoisotopic (exact) mass is 156 g/mol. The van der Waals surface area contributed by atoms with Gasteiger partial charge in [-0.1, -0.05) is 13.5 Å². The van der Waals surface area contributed by atoms with Crippen LogP contribution < -0.4 is 0 Å². The lowest BCUT2D eigenvalue weighted by Gasteiger charge is -1.83. The van der Waals surface area contributed by atoms with Crippen LogP contribution in [0.4, 0.5) is 0 Å². The maximum atomic E-state index is 8.68. The highest BCUT2D eigenvalue weighted by atomic mass is 14.4. The summed E-state index contributed by atoms with van der Waals surface area (Å²) in [4.78, 5) is 0. The van der Waals surface area contributed by atoms with Crippen molar-refractivity contribution in [3.05, 3.63) is 34.9 Å². The molecule has 2 nitrogen and oxygen atoms in total. The molecule has 1 rings (SSSR count). The van der Waals surface area contributed by atoms with E-state index in [0.717, 1.165) is 22.3 Å². The van der Waals surface area contributed by atoms with Gasteiger partial charge in [0.15, 0.2) is 0 Å². The summed E-state index contributed by atoms with van der Waals surface area (Å²) in [6.45, 7) is 5.65. The molecule has 0 heterocycles. The average Bonchev–Trinajstić information content (AvgIpc) is 2.67. The number of allylic oxidation sites excluding steroid dienone is 5. The third-order valence-corrected chi connectivity index (χ3v) is 1.83. The first-order chi connectivity index (χ1) is 5.76. The maximum Gasteiger partial charge on any atom is 0.0953 e. The van der Waals surface area contributed by atoms with E-state index in [9.17, 15) is 0 Å². The zero-order valence-corrected chi connectivity index (χ0v) is 6.89. The van der Waals surface area contributed by atoms with Crippen LogP contribution in [0.3, 0.4) is 0 Å². The molecule has 0 N–H and O–H groups in total. The molecular weight excluding hydrogens is 148 g/mol. The Morgan fingerprint density at radius 3 is 2.67 bits per heavy atom. The minimum Gasteiger partial charge on any atom is -0.193 e. The lowest BCUT2D eigenvalue weighted by molar-refractivity contribution is 1.15. The molecule has 0 aromatic rings. The molecule has 0 atom stereocenters. The molecule has 1 aliphatic carbocycles. The third-order valence-electron chi connectivity index (χ3n) is 1.83. The van der Waals surface area contributed by atoms with Gasteiger partial charge in [0.05, 0.1) is 12.1 Å². The van der Waals surface area contributed by atoms with Crippen molar-refractivity contribution < 1.29 is 0 Å². The highest BCUT2D eigenvalue weighted by Gasteiger charge is 2.30. The summed E-state index contributed by atoms with van der Waals surface area (Å²) in [5.74, 6) is 0. The second-order valence-electron chi connectivity index (χ2n) is 2.48. The van der Waals surface area contributed by atoms with E-state index in [1.807, 2.05) is 13.0 Å². The molecule has 0 saturated heterocycles. The Labute approximate surface area is 71.7 Å². The summed E-state index contributed by atoms with van der Waals surface area (Å²) in [5, 5.41) is 17.0. The summed E-state index contributed by atoms with van der Waals surface area (Å²) in [6.07, 6.45) is 2.14. The van der Waals surface area contributed by atoms with Crippen molar-refractivity contribution in [2.24, 2.45) is 0 Å². The Hall–Kier alpha value is -1.80. The molecule has 0 unspecified atom stereocenters. The van der Waals surface area contributed by atoms with E-state index in [1.54, 1.807) is 0 Å². The van der Waals surface area contributed by atoms with E-state index in [4.69, 9.17) is 10.5 Å². The Morgan fingerprint density at radius 1 is 1.58 bits per heavy atom. The maximum absolute atomic E-state index is 8.68. The Balaban J connectivity index is 3.07. The highest BCUT2D eigenvalue weighted by Crippen LogP contribution is 2.45. The van der Waals surface area contributed by atoms with E-state index in [-0.39, 0.29) is 0 Å². The molecule has 0 radical (unpaired) electrons. The predicted molar refractivity (Wildman–Crippen MR) is 45.8 cm³/mol. The summed E-state index contributed by atoms with van der Waals surface area (Å²) in [7, 11) is 0. The molecule has 0 aromatic heterocycles. The molecule has 0 aliphatic heterocycles. The Bertz CT molecular complexity index is 370. The molecule has 12 heavy (non-hydrogen) atoms. The molecule has 0 amide bonds. The summed E-state index contributed by atoms with van der Waals surface area (Å²) in [6, 6.07) is 4.03. The van der Waals surface area contributed by atoms with Crippen molar-refractivity contribution in [3.8, 4) is 12.1 Å². The van der Waals surface area contributed by atoms with Gasteiger partial charge in [-0.15, -0.1) is 0 Å². The first kappa shape index (κ1) is 8.30. The lowest BCUT2D eigenvalue weighted by Crippen LogP contribution is -1.72. The van der Waals surface area contributed by atoms with Crippen LogP contribution in [-0.2, 0) is 0 Å². The molecular formula is C10H8N2. The van der Waals surface area contributed by atoms with E-state index in [2.05, 4.69) is 12.6 Å². The first-order valence-electron chi connectivity index (χ1n) is 3.69. The van der Waals surface area contributed by atoms with Crippen LogP contribution in [0.15, 0.2) is 34.9 Å². The smallest absolute Gasteiger partial charge is 0.0953 e. The quantitative estimate of drug-likeness (QED) is 0.546. The van der Waals surface area contributed by atoms with Crippen LogP contribution in [-0.4, -0.2) is 0 Å². The fourth-order valence-electron chi connectivity index (χ4n) is 1.12. The Kier molecular flexibility index (Phi) is 2.12. The molecule has 0 aromatic carbocycles. The number of rotatable bonds is 1. The van der Waals surface area contributed by atoms with E-state index in [1.165, 1.54) is 6.08 Å². The topological polar surface area (TPSA) is 47.6 Å². The van der Waals surface area contributed by atoms with Crippen molar-refractivity contribution in [1.82, 2.24) is 0 Å². The largest absolute Gasteiger partial charge is 0.193 e. The van der Waals surface area contributed by atoms with E-state index in [0.29, 0.717) is 6.42 Å². The van der Waals surface area contributed by atoms with E-state index >= 15 is 0 Å². The minimum atomic E-state index is 0.702. The zero-order valence-electron chi connectivity index (χ0n) is 6.89. The zero-order chi connectivity index (χ0) is 9.14. The van der Waals surface area contributed by atoms with Crippen LogP contribution in [0, 0.1) is 22.7 Å². The van der Waals surface area contributed by atoms with Crippen molar-refractivity contribution >= 4 is 0 Å². The molecule has 1 fully saturated rings. The van der Waals surface area contributed by atoms with Crippen LogP contribution in [0.2, 0.25) is 0 Å². The van der Waals surface area contributed by atoms with Gasteiger partial charge in [-0.2, -0.15) is 10.5 Å². The van der Waals surface area contributed by atoms with Crippen LogP contribution in [0.5, 0.6) is 0 Å². The fraction of sp³-hybridized carbons (Fsp3) is 0.200. The van der Waals surface area contributed by atoms with Crippen molar-refractivity contribution in [2.75, 3.05) is 0 Å². The van der Waals surface area contributed by atoms with Gasteiger partial charge in [-0.25, -0.2) is 0 Å². The van der Waals surface area contributed by atoms with Gasteiger partial charge in [0, 0.05) is 22.8 Å². The standard InChI is InChI=1S/C10H8N2/c1-3-8(6-12)10-7(2)9(10)4-5-11/h4H,2-3H2,1H3/b9-4+,10-8-. The third kappa shape index (κ3) is 1.15. The van der Waals surface area contributed by atoms with Crippen LogP contribution in [0.1, 0.15) is 13.3 Å². The molecule has 0 spiro atoms. The van der Waals surface area contributed by atoms with E-state index < -0.39 is 0 Å². The van der Waals surface area contributed by atoms with Gasteiger partial charge in [-0.05, 0) is 12.0 Å². The SMILES string of the molecule is C=C1C(=C(/C#N)CC)/C1=C/C#N. The summed E-state index contributed by atoms with van der Waals surface area (Å²) >= 11 is 0. The van der Waals surface area contributed by atoms with Gasteiger partial charge in [0.2, 0.25) is 0 Å². The molecule has 1 aliphatic rings. The predicted octanol–water partition coefficient (Wildman–Crippen LogP) is 2.24. The molecule has 0 bridgehead atoms. The number of hydrogen-bond donors (Lipinski definition) is 0. The fourth-order valence-corrected chi connectivity index (χ4v) is 1.12. The van der Waals surface area contributed by atoms with Crippen LogP contribution in [0.25, 0.3) is 0 Å². The average molecular weight is 156 g/mol. The molecule has 2 heteroatoms. The van der Waals surface area contributed by atoms with Gasteiger partial charge < -0.3 is 0 Å². The first-order valence-corrected chi connectivity index (χ1v) is 3.69. The molecule has 58 valence electrons. The lowest BCUT2D eigenvalue weighted by atomic mass is 10.2. The number of hydrogen-bond acceptors (Lipinski definition) is 2. The second-order valence-corrected chi connectivity index (χ2v) is 2.48. The van der Waals surface area contributed by atoms with Gasteiger partial charge in [-0.3, -0.25) is 0 Å². The summed E-state index contributed by atoms with van der Waals surface area (Å²) < 4.78 is 0. The van der Waals surface area contributed by atoms with Gasteiger partial charge >= 0.3 is 0 Å². The highest BCUT2D eigenvalue weighted by molar-refractivity contribution is 5.80. The van der Waals surface area contributed by atoms with Crippen molar-refractivity contribution in [1.29, 1.82) is 10.5 Å². The van der Waals surface area contributed by atoms with Gasteiger partial charge in [0.25, 0.3) is 0 Å². The van der Waals surface area contributed by atoms with Crippen molar-refractivity contribution in [3.63, 3.8) is 0 Å². The second kappa shape index (κ2) is 3.07. The van der Waals surface area contributed by atoms with Gasteiger partial charge in [0.1, 0.15) is 0 Å². The normalized spacial score (nSPS) is 21.6. The Morgan fingerprint density at radius 2 is 2.25 bits per heavy atom. The minimum absolute atomic E-state index is 0.702. The molecule has 1 saturated carbocycles. The van der Waals surface area contributed by atoms with Crippen LogP contribution >= 0.6 is 0 Å². The number of nitrogens with zero attached hydrogens (tertiary/aromatic N) is 2. The number of nitriles is 2.